The van der Waals surface area contributed by atoms with Crippen molar-refractivity contribution in [2.24, 2.45) is 0 Å². The maximum Gasteiger partial charge on any atom is 0.305 e. The second-order valence-corrected chi connectivity index (χ2v) is 4.75. The first-order valence-corrected chi connectivity index (χ1v) is 7.58. The molecule has 1 heterocycles. The lowest BCUT2D eigenvalue weighted by Crippen LogP contribution is -2.16. The van der Waals surface area contributed by atoms with Crippen LogP contribution in [0.15, 0.2) is 16.5 Å². The summed E-state index contributed by atoms with van der Waals surface area (Å²) in [6, 6.07) is 4.00. The van der Waals surface area contributed by atoms with Gasteiger partial charge in [-0.3, -0.25) is 4.79 Å². The van der Waals surface area contributed by atoms with Gasteiger partial charge in [-0.15, -0.1) is 0 Å². The Morgan fingerprint density at radius 3 is 2.94 bits per heavy atom. The van der Waals surface area contributed by atoms with Crippen LogP contribution in [0.5, 0.6) is 0 Å². The summed E-state index contributed by atoms with van der Waals surface area (Å²) in [5.74, 6) is 2.73. The van der Waals surface area contributed by atoms with Gasteiger partial charge in [0.05, 0.1) is 18.9 Å². The molecule has 0 saturated heterocycles. The molecule has 0 atom stereocenters. The van der Waals surface area contributed by atoms with Crippen molar-refractivity contribution in [1.82, 2.24) is 5.32 Å². The summed E-state index contributed by atoms with van der Waals surface area (Å²) in [5.41, 5.74) is 0. The van der Waals surface area contributed by atoms with Crippen molar-refractivity contribution in [2.45, 2.75) is 32.1 Å². The highest BCUT2D eigenvalue weighted by molar-refractivity contribution is 7.97. The van der Waals surface area contributed by atoms with Gasteiger partial charge in [0.2, 0.25) is 0 Å². The zero-order valence-corrected chi connectivity index (χ0v) is 11.8. The zero-order chi connectivity index (χ0) is 13.2. The molecule has 4 nitrogen and oxygen atoms in total. The van der Waals surface area contributed by atoms with E-state index < -0.39 is 0 Å². The third-order valence-corrected chi connectivity index (χ3v) is 2.92. The molecule has 1 N–H and O–H groups in total. The van der Waals surface area contributed by atoms with Gasteiger partial charge >= 0.3 is 5.97 Å². The summed E-state index contributed by atoms with van der Waals surface area (Å²) >= 11 is 1.74. The van der Waals surface area contributed by atoms with Gasteiger partial charge in [0, 0.05) is 6.42 Å². The molecule has 1 aromatic heterocycles. The van der Waals surface area contributed by atoms with Crippen LogP contribution in [0.25, 0.3) is 0 Å². The van der Waals surface area contributed by atoms with E-state index in [0.29, 0.717) is 19.6 Å². The quantitative estimate of drug-likeness (QED) is 0.552. The molecule has 0 unspecified atom stereocenters. The molecule has 0 saturated carbocycles. The Balaban J connectivity index is 2.08. The minimum Gasteiger partial charge on any atom is -0.466 e. The average Bonchev–Trinajstić information content (AvgIpc) is 2.77. The number of nitrogens with one attached hydrogen (secondary N) is 1. The molecule has 0 aromatic carbocycles. The first-order chi connectivity index (χ1) is 8.76. The molecule has 0 spiro atoms. The van der Waals surface area contributed by atoms with Crippen LogP contribution >= 0.6 is 11.8 Å². The lowest BCUT2D eigenvalue weighted by Gasteiger charge is -2.03. The second kappa shape index (κ2) is 9.05. The second-order valence-electron chi connectivity index (χ2n) is 3.89. The van der Waals surface area contributed by atoms with Crippen molar-refractivity contribution in [3.63, 3.8) is 0 Å². The van der Waals surface area contributed by atoms with Gasteiger partial charge in [-0.25, -0.2) is 0 Å². The van der Waals surface area contributed by atoms with Crippen LogP contribution in [0.2, 0.25) is 0 Å². The Kier molecular flexibility index (Phi) is 7.60. The fourth-order valence-corrected chi connectivity index (χ4v) is 1.98. The SMILES string of the molecule is CCOC(=O)CCCNCc1ccc(CSC)o1. The average molecular weight is 271 g/mol. The highest BCUT2D eigenvalue weighted by Gasteiger charge is 2.02. The number of furan rings is 1. The Labute approximate surface area is 112 Å². The maximum absolute atomic E-state index is 11.1. The highest BCUT2D eigenvalue weighted by atomic mass is 32.2. The van der Waals surface area contributed by atoms with Crippen molar-refractivity contribution in [2.75, 3.05) is 19.4 Å². The molecule has 1 aromatic rings. The smallest absolute Gasteiger partial charge is 0.305 e. The van der Waals surface area contributed by atoms with E-state index in [1.165, 1.54) is 0 Å². The third-order valence-electron chi connectivity index (χ3n) is 2.34. The minimum absolute atomic E-state index is 0.125. The van der Waals surface area contributed by atoms with Crippen LogP contribution in [-0.2, 0) is 21.8 Å². The Morgan fingerprint density at radius 1 is 1.44 bits per heavy atom. The topological polar surface area (TPSA) is 51.5 Å². The number of carbonyl (C=O) groups excluding carboxylic acids is 1. The van der Waals surface area contributed by atoms with E-state index in [1.807, 2.05) is 19.1 Å². The normalized spacial score (nSPS) is 10.6. The molecular weight excluding hydrogens is 250 g/mol. The Bertz CT molecular complexity index is 352. The van der Waals surface area contributed by atoms with Crippen LogP contribution in [0.1, 0.15) is 31.3 Å². The number of rotatable bonds is 9. The number of ether oxygens (including phenoxy) is 1. The maximum atomic E-state index is 11.1. The van der Waals surface area contributed by atoms with Crippen LogP contribution in [-0.4, -0.2) is 25.4 Å². The molecule has 18 heavy (non-hydrogen) atoms. The standard InChI is InChI=1S/C13H21NO3S/c1-3-16-13(15)5-4-8-14-9-11-6-7-12(17-11)10-18-2/h6-7,14H,3-5,8-10H2,1-2H3. The molecule has 0 amide bonds. The molecule has 5 heteroatoms. The zero-order valence-electron chi connectivity index (χ0n) is 11.0. The van der Waals surface area contributed by atoms with Gasteiger partial charge < -0.3 is 14.5 Å². The summed E-state index contributed by atoms with van der Waals surface area (Å²) in [6.07, 6.45) is 3.31. The summed E-state index contributed by atoms with van der Waals surface area (Å²) in [6.45, 7) is 3.77. The minimum atomic E-state index is -0.125. The van der Waals surface area contributed by atoms with Gasteiger partial charge in [-0.2, -0.15) is 11.8 Å². The summed E-state index contributed by atoms with van der Waals surface area (Å²) in [5, 5.41) is 3.25. The Hall–Kier alpha value is -0.940. The predicted octanol–water partition coefficient (Wildman–Crippen LogP) is 2.58. The molecule has 0 bridgehead atoms. The highest BCUT2D eigenvalue weighted by Crippen LogP contribution is 2.13. The first-order valence-electron chi connectivity index (χ1n) is 6.19. The van der Waals surface area contributed by atoms with E-state index in [2.05, 4.69) is 11.6 Å². The lowest BCUT2D eigenvalue weighted by atomic mass is 10.3. The summed E-state index contributed by atoms with van der Waals surface area (Å²) in [4.78, 5) is 11.1. The predicted molar refractivity (Wildman–Crippen MR) is 73.5 cm³/mol. The number of esters is 1. The van der Waals surface area contributed by atoms with E-state index in [4.69, 9.17) is 9.15 Å². The number of carbonyl (C=O) groups is 1. The molecule has 1 rings (SSSR count). The van der Waals surface area contributed by atoms with Crippen LogP contribution < -0.4 is 5.32 Å². The molecular formula is C13H21NO3S. The molecule has 0 aliphatic heterocycles. The van der Waals surface area contributed by atoms with Crippen molar-refractivity contribution >= 4 is 17.7 Å². The van der Waals surface area contributed by atoms with E-state index in [-0.39, 0.29) is 5.97 Å². The summed E-state index contributed by atoms with van der Waals surface area (Å²) in [7, 11) is 0. The van der Waals surface area contributed by atoms with E-state index in [0.717, 1.165) is 30.2 Å². The number of hydrogen-bond acceptors (Lipinski definition) is 5. The third kappa shape index (κ3) is 6.12. The van der Waals surface area contributed by atoms with Gasteiger partial charge in [0.25, 0.3) is 0 Å². The number of hydrogen-bond donors (Lipinski definition) is 1. The fraction of sp³-hybridized carbons (Fsp3) is 0.615. The molecule has 0 aliphatic rings. The largest absolute Gasteiger partial charge is 0.466 e. The van der Waals surface area contributed by atoms with E-state index >= 15 is 0 Å². The van der Waals surface area contributed by atoms with Crippen molar-refractivity contribution in [3.05, 3.63) is 23.7 Å². The van der Waals surface area contributed by atoms with Crippen LogP contribution in [0.3, 0.4) is 0 Å². The van der Waals surface area contributed by atoms with Crippen molar-refractivity contribution in [3.8, 4) is 0 Å². The molecule has 0 aliphatic carbocycles. The van der Waals surface area contributed by atoms with Crippen LogP contribution in [0.4, 0.5) is 0 Å². The Morgan fingerprint density at radius 2 is 2.22 bits per heavy atom. The van der Waals surface area contributed by atoms with Gasteiger partial charge in [-0.1, -0.05) is 0 Å². The molecule has 0 fully saturated rings. The fourth-order valence-electron chi connectivity index (χ4n) is 1.54. The van der Waals surface area contributed by atoms with Crippen LogP contribution in [0, 0.1) is 0 Å². The van der Waals surface area contributed by atoms with Crippen molar-refractivity contribution < 1.29 is 13.9 Å². The first kappa shape index (κ1) is 15.1. The number of thioether (sulfide) groups is 1. The van der Waals surface area contributed by atoms with Gasteiger partial charge in [0.15, 0.2) is 0 Å². The van der Waals surface area contributed by atoms with Gasteiger partial charge in [0.1, 0.15) is 11.5 Å². The van der Waals surface area contributed by atoms with Crippen molar-refractivity contribution in [1.29, 1.82) is 0 Å². The van der Waals surface area contributed by atoms with E-state index in [9.17, 15) is 4.79 Å². The van der Waals surface area contributed by atoms with E-state index in [1.54, 1.807) is 11.8 Å². The molecule has 0 radical (unpaired) electrons. The monoisotopic (exact) mass is 271 g/mol. The molecule has 102 valence electrons. The van der Waals surface area contributed by atoms with Gasteiger partial charge in [-0.05, 0) is 38.3 Å². The summed E-state index contributed by atoms with van der Waals surface area (Å²) < 4.78 is 10.5. The lowest BCUT2D eigenvalue weighted by molar-refractivity contribution is -0.143.